The smallest absolute Gasteiger partial charge is 0.487 e. The number of hydrogen-bond acceptors (Lipinski definition) is 5. The van der Waals surface area contributed by atoms with Gasteiger partial charge in [-0.25, -0.2) is 13.2 Å². The monoisotopic (exact) mass is 542 g/mol. The van der Waals surface area contributed by atoms with Gasteiger partial charge in [0.1, 0.15) is 16.7 Å². The quantitative estimate of drug-likeness (QED) is 0.603. The number of alkyl halides is 3. The molecule has 2 aromatic carbocycles. The molecule has 204 valence electrons. The van der Waals surface area contributed by atoms with E-state index < -0.39 is 22.2 Å². The van der Waals surface area contributed by atoms with E-state index in [2.05, 4.69) is 49.9 Å². The predicted octanol–water partition coefficient (Wildman–Crippen LogP) is 4.70. The van der Waals surface area contributed by atoms with Crippen LogP contribution in [0.25, 0.3) is 0 Å². The Morgan fingerprint density at radius 3 is 2.30 bits per heavy atom. The molecule has 0 radical (unpaired) electrons. The number of fused-ring (bicyclic) bond motifs is 2. The Morgan fingerprint density at radius 1 is 1.08 bits per heavy atom. The van der Waals surface area contributed by atoms with Gasteiger partial charge in [-0.1, -0.05) is 50.2 Å². The van der Waals surface area contributed by atoms with E-state index in [9.17, 15) is 21.6 Å². The lowest BCUT2D eigenvalue weighted by molar-refractivity contribution is -0.192. The summed E-state index contributed by atoms with van der Waals surface area (Å²) in [6.07, 6.45) is -3.63. The van der Waals surface area contributed by atoms with Gasteiger partial charge < -0.3 is 9.84 Å². The number of benzene rings is 2. The van der Waals surface area contributed by atoms with Crippen LogP contribution < -0.4 is 4.74 Å². The van der Waals surface area contributed by atoms with Crippen LogP contribution >= 0.6 is 0 Å². The Labute approximate surface area is 215 Å². The van der Waals surface area contributed by atoms with Crippen LogP contribution in [0.3, 0.4) is 0 Å². The molecule has 4 rings (SSSR count). The summed E-state index contributed by atoms with van der Waals surface area (Å²) in [6, 6.07) is 15.4. The Bertz CT molecular complexity index is 1190. The molecule has 1 saturated heterocycles. The van der Waals surface area contributed by atoms with Crippen molar-refractivity contribution in [3.8, 4) is 5.75 Å². The predicted molar refractivity (Wildman–Crippen MR) is 133 cm³/mol. The summed E-state index contributed by atoms with van der Waals surface area (Å²) in [5.41, 5.74) is 2.63. The molecule has 0 aliphatic carbocycles. The van der Waals surface area contributed by atoms with E-state index in [1.54, 1.807) is 22.5 Å². The first-order valence-corrected chi connectivity index (χ1v) is 13.6. The van der Waals surface area contributed by atoms with Crippen LogP contribution in [-0.4, -0.2) is 66.7 Å². The van der Waals surface area contributed by atoms with Gasteiger partial charge in [0.15, 0.2) is 0 Å². The summed E-state index contributed by atoms with van der Waals surface area (Å²) >= 11 is 0. The molecular formula is C26H33F3N2O5S. The van der Waals surface area contributed by atoms with Crippen molar-refractivity contribution in [1.29, 1.82) is 0 Å². The molecule has 0 amide bonds. The van der Waals surface area contributed by atoms with E-state index in [1.807, 2.05) is 6.07 Å². The first kappa shape index (κ1) is 28.9. The molecule has 1 fully saturated rings. The Balaban J connectivity index is 0.000000479. The van der Waals surface area contributed by atoms with Crippen molar-refractivity contribution >= 4 is 16.0 Å². The van der Waals surface area contributed by atoms with Gasteiger partial charge in [-0.3, -0.25) is 4.90 Å². The van der Waals surface area contributed by atoms with Gasteiger partial charge in [0.25, 0.3) is 0 Å². The third kappa shape index (κ3) is 7.24. The highest BCUT2D eigenvalue weighted by molar-refractivity contribution is 7.89. The highest BCUT2D eigenvalue weighted by Crippen LogP contribution is 2.37. The third-order valence-electron chi connectivity index (χ3n) is 6.43. The zero-order chi connectivity index (χ0) is 27.4. The Kier molecular flexibility index (Phi) is 9.25. The molecule has 1 N–H and O–H groups in total. The third-order valence-corrected chi connectivity index (χ3v) is 8.36. The number of hydrogen-bond donors (Lipinski definition) is 1. The van der Waals surface area contributed by atoms with Crippen LogP contribution in [0.15, 0.2) is 53.4 Å². The number of sulfonamides is 1. The highest BCUT2D eigenvalue weighted by Gasteiger charge is 2.43. The van der Waals surface area contributed by atoms with Crippen LogP contribution in [0.1, 0.15) is 37.8 Å². The molecule has 2 aliphatic rings. The van der Waals surface area contributed by atoms with E-state index in [4.69, 9.17) is 14.6 Å². The first-order chi connectivity index (χ1) is 17.3. The number of aryl methyl sites for hydroxylation is 1. The average molecular weight is 543 g/mol. The number of nitrogens with zero attached hydrogens (tertiary/aromatic N) is 2. The van der Waals surface area contributed by atoms with Crippen molar-refractivity contribution in [3.63, 3.8) is 0 Å². The number of carbonyl (C=O) groups is 1. The van der Waals surface area contributed by atoms with E-state index in [0.29, 0.717) is 17.2 Å². The standard InChI is InChI=1S/C24H32N2O3S.C2HF3O2/c1-18(2)16-26-21-12-14-25(17-20-9-5-4-8-19(20)3)15-13-22(21)29-23-10-6-7-11-24(23)30(26,27)28;3-2(4,5)1(6)7/h4-11,18,21-22H,12-17H2,1-3H3;(H,6,7)/t21-,22-;/m0./s1. The second-order valence-electron chi connectivity index (χ2n) is 9.72. The summed E-state index contributed by atoms with van der Waals surface area (Å²) in [5, 5.41) is 7.12. The largest absolute Gasteiger partial charge is 0.490 e. The van der Waals surface area contributed by atoms with Crippen LogP contribution in [0.4, 0.5) is 13.2 Å². The van der Waals surface area contributed by atoms with Gasteiger partial charge in [-0.2, -0.15) is 17.5 Å². The van der Waals surface area contributed by atoms with E-state index in [-0.39, 0.29) is 18.1 Å². The number of rotatable bonds is 4. The molecule has 0 unspecified atom stereocenters. The normalized spacial score (nSPS) is 21.9. The summed E-state index contributed by atoms with van der Waals surface area (Å²) in [4.78, 5) is 11.6. The molecule has 11 heteroatoms. The number of carboxylic acid groups (broad SMARTS) is 1. The molecule has 2 aromatic rings. The van der Waals surface area contributed by atoms with Gasteiger partial charge in [-0.05, 0) is 48.9 Å². The molecule has 0 saturated carbocycles. The fourth-order valence-electron chi connectivity index (χ4n) is 4.59. The van der Waals surface area contributed by atoms with Gasteiger partial charge in [-0.15, -0.1) is 0 Å². The number of carboxylic acids is 1. The van der Waals surface area contributed by atoms with Gasteiger partial charge in [0.05, 0.1) is 6.04 Å². The summed E-state index contributed by atoms with van der Waals surface area (Å²) in [6.45, 7) is 9.45. The van der Waals surface area contributed by atoms with Crippen molar-refractivity contribution in [2.24, 2.45) is 5.92 Å². The second kappa shape index (κ2) is 11.8. The molecule has 37 heavy (non-hydrogen) atoms. The van der Waals surface area contributed by atoms with Crippen molar-refractivity contribution < 1.29 is 36.2 Å². The fraction of sp³-hybridized carbons (Fsp3) is 0.500. The lowest BCUT2D eigenvalue weighted by Gasteiger charge is -2.32. The van der Waals surface area contributed by atoms with E-state index >= 15 is 0 Å². The topological polar surface area (TPSA) is 87.2 Å². The Hall–Kier alpha value is -2.63. The molecular weight excluding hydrogens is 509 g/mol. The van der Waals surface area contributed by atoms with E-state index in [0.717, 1.165) is 32.5 Å². The zero-order valence-electron chi connectivity index (χ0n) is 21.1. The number of halogens is 3. The van der Waals surface area contributed by atoms with Crippen LogP contribution in [0.5, 0.6) is 5.75 Å². The van der Waals surface area contributed by atoms with Crippen molar-refractivity contribution in [2.75, 3.05) is 19.6 Å². The van der Waals surface area contributed by atoms with Crippen molar-refractivity contribution in [3.05, 3.63) is 59.7 Å². The average Bonchev–Trinajstić information content (AvgIpc) is 3.05. The number of aliphatic carboxylic acids is 1. The summed E-state index contributed by atoms with van der Waals surface area (Å²) in [7, 11) is -3.59. The maximum atomic E-state index is 13.6. The van der Waals surface area contributed by atoms with Gasteiger partial charge in [0, 0.05) is 26.2 Å². The van der Waals surface area contributed by atoms with Gasteiger partial charge in [0.2, 0.25) is 10.0 Å². The molecule has 0 bridgehead atoms. The molecule has 2 heterocycles. The van der Waals surface area contributed by atoms with Crippen LogP contribution in [-0.2, 0) is 21.4 Å². The molecule has 0 aromatic heterocycles. The molecule has 0 spiro atoms. The highest BCUT2D eigenvalue weighted by atomic mass is 32.2. The van der Waals surface area contributed by atoms with Crippen molar-refractivity contribution in [1.82, 2.24) is 9.21 Å². The molecule has 2 atom stereocenters. The Morgan fingerprint density at radius 2 is 1.68 bits per heavy atom. The summed E-state index contributed by atoms with van der Waals surface area (Å²) < 4.78 is 67.0. The number of ether oxygens (including phenoxy) is 1. The first-order valence-electron chi connectivity index (χ1n) is 12.1. The minimum absolute atomic E-state index is 0.135. The minimum Gasteiger partial charge on any atom is -0.487 e. The second-order valence-corrected chi connectivity index (χ2v) is 11.6. The van der Waals surface area contributed by atoms with Crippen molar-refractivity contribution in [2.45, 2.75) is 63.4 Å². The lowest BCUT2D eigenvalue weighted by atomic mass is 10.0. The minimum atomic E-state index is -5.08. The number of likely N-dealkylation sites (tertiary alicyclic amines) is 1. The summed E-state index contributed by atoms with van der Waals surface area (Å²) in [5.74, 6) is -2.02. The maximum absolute atomic E-state index is 13.6. The van der Waals surface area contributed by atoms with Crippen LogP contribution in [0, 0.1) is 12.8 Å². The SMILES string of the molecule is Cc1ccccc1CN1CC[C@@H]2Oc3ccccc3S(=O)(=O)N(CC(C)C)[C@H]2CC1.O=C(O)C(F)(F)F. The fourth-order valence-corrected chi connectivity index (χ4v) is 6.56. The molecule has 2 aliphatic heterocycles. The molecule has 7 nitrogen and oxygen atoms in total. The lowest BCUT2D eigenvalue weighted by Crippen LogP contribution is -2.48. The van der Waals surface area contributed by atoms with Gasteiger partial charge >= 0.3 is 12.1 Å². The number of para-hydroxylation sites is 1. The maximum Gasteiger partial charge on any atom is 0.490 e. The van der Waals surface area contributed by atoms with Crippen LogP contribution in [0.2, 0.25) is 0 Å². The van der Waals surface area contributed by atoms with E-state index in [1.165, 1.54) is 11.1 Å². The zero-order valence-corrected chi connectivity index (χ0v) is 21.9.